The number of anilines is 1. The van der Waals surface area contributed by atoms with Crippen LogP contribution in [0.4, 0.5) is 5.13 Å². The molecule has 1 atom stereocenters. The van der Waals surface area contributed by atoms with Gasteiger partial charge in [0.25, 0.3) is 0 Å². The fourth-order valence-electron chi connectivity index (χ4n) is 2.51. The van der Waals surface area contributed by atoms with Crippen molar-refractivity contribution in [1.82, 2.24) is 15.2 Å². The average molecular weight is 326 g/mol. The van der Waals surface area contributed by atoms with E-state index < -0.39 is 0 Å². The van der Waals surface area contributed by atoms with E-state index >= 15 is 0 Å². The number of nitrogens with one attached hydrogen (secondary N) is 1. The van der Waals surface area contributed by atoms with Crippen LogP contribution in [0.5, 0.6) is 0 Å². The monoisotopic (exact) mass is 326 g/mol. The Hall–Kier alpha value is -1.02. The van der Waals surface area contributed by atoms with Crippen LogP contribution < -0.4 is 10.2 Å². The van der Waals surface area contributed by atoms with E-state index in [1.807, 2.05) is 12.3 Å². The van der Waals surface area contributed by atoms with E-state index in [9.17, 15) is 4.79 Å². The second kappa shape index (κ2) is 8.57. The van der Waals surface area contributed by atoms with Crippen molar-refractivity contribution in [2.24, 2.45) is 0 Å². The second-order valence-electron chi connectivity index (χ2n) is 5.58. The molecule has 1 aromatic rings. The molecule has 0 bridgehead atoms. The molecule has 1 aliphatic heterocycles. The summed E-state index contributed by atoms with van der Waals surface area (Å²) in [5.41, 5.74) is 0.994. The summed E-state index contributed by atoms with van der Waals surface area (Å²) in [6, 6.07) is 0.401. The van der Waals surface area contributed by atoms with E-state index in [-0.39, 0.29) is 5.91 Å². The number of hydrogen-bond acceptors (Lipinski definition) is 6. The van der Waals surface area contributed by atoms with Gasteiger partial charge in [-0.15, -0.1) is 11.3 Å². The minimum atomic E-state index is 0.0389. The first-order chi connectivity index (χ1) is 10.6. The summed E-state index contributed by atoms with van der Waals surface area (Å²) in [4.78, 5) is 20.2. The van der Waals surface area contributed by atoms with Crippen LogP contribution in [0.25, 0.3) is 0 Å². The summed E-state index contributed by atoms with van der Waals surface area (Å²) < 4.78 is 5.36. The number of thiazole rings is 1. The zero-order valence-corrected chi connectivity index (χ0v) is 14.5. The van der Waals surface area contributed by atoms with Crippen molar-refractivity contribution >= 4 is 22.4 Å². The lowest BCUT2D eigenvalue weighted by atomic mass is 10.3. The molecule has 7 heteroatoms. The lowest BCUT2D eigenvalue weighted by molar-refractivity contribution is -0.116. The van der Waals surface area contributed by atoms with Crippen molar-refractivity contribution in [3.8, 4) is 0 Å². The molecule has 6 nitrogen and oxygen atoms in total. The van der Waals surface area contributed by atoms with Crippen molar-refractivity contribution in [3.63, 3.8) is 0 Å². The van der Waals surface area contributed by atoms with Gasteiger partial charge in [0.1, 0.15) is 0 Å². The maximum atomic E-state index is 11.5. The standard InChI is InChI=1S/C15H26N4O2S/c1-4-19(13(3)20)15-17-14(11-22-15)9-16-12(2)10-18-5-7-21-8-6-18/h11-12,16H,4-10H2,1-3H3. The molecule has 1 unspecified atom stereocenters. The Morgan fingerprint density at radius 3 is 2.91 bits per heavy atom. The molecule has 0 aliphatic carbocycles. The summed E-state index contributed by atoms with van der Waals surface area (Å²) >= 11 is 1.52. The van der Waals surface area contributed by atoms with E-state index in [2.05, 4.69) is 22.1 Å². The number of rotatable bonds is 7. The predicted octanol–water partition coefficient (Wildman–Crippen LogP) is 1.33. The highest BCUT2D eigenvalue weighted by molar-refractivity contribution is 7.14. The van der Waals surface area contributed by atoms with Gasteiger partial charge in [0, 0.05) is 51.1 Å². The molecule has 2 rings (SSSR count). The van der Waals surface area contributed by atoms with Gasteiger partial charge in [0.2, 0.25) is 5.91 Å². The fraction of sp³-hybridized carbons (Fsp3) is 0.733. The molecule has 1 saturated heterocycles. The molecule has 1 aliphatic rings. The van der Waals surface area contributed by atoms with E-state index in [1.165, 1.54) is 11.3 Å². The van der Waals surface area contributed by atoms with Crippen LogP contribution in [0.2, 0.25) is 0 Å². The Labute approximate surface area is 136 Å². The zero-order valence-electron chi connectivity index (χ0n) is 13.7. The van der Waals surface area contributed by atoms with Gasteiger partial charge in [-0.1, -0.05) is 0 Å². The number of nitrogens with zero attached hydrogens (tertiary/aromatic N) is 3. The van der Waals surface area contributed by atoms with Gasteiger partial charge in [-0.05, 0) is 13.8 Å². The van der Waals surface area contributed by atoms with Gasteiger partial charge in [0.05, 0.1) is 18.9 Å². The van der Waals surface area contributed by atoms with Crippen LogP contribution in [-0.2, 0) is 16.1 Å². The predicted molar refractivity (Wildman–Crippen MR) is 89.4 cm³/mol. The summed E-state index contributed by atoms with van der Waals surface area (Å²) in [7, 11) is 0. The van der Waals surface area contributed by atoms with E-state index in [0.29, 0.717) is 12.6 Å². The molecule has 0 aromatic carbocycles. The highest BCUT2D eigenvalue weighted by Crippen LogP contribution is 2.20. The van der Waals surface area contributed by atoms with Crippen LogP contribution >= 0.6 is 11.3 Å². The SMILES string of the molecule is CCN(C(C)=O)c1nc(CNC(C)CN2CCOCC2)cs1. The number of hydrogen-bond donors (Lipinski definition) is 1. The summed E-state index contributed by atoms with van der Waals surface area (Å²) in [6.07, 6.45) is 0. The van der Waals surface area contributed by atoms with Crippen molar-refractivity contribution < 1.29 is 9.53 Å². The largest absolute Gasteiger partial charge is 0.379 e. The first kappa shape index (κ1) is 17.3. The molecule has 1 N–H and O–H groups in total. The van der Waals surface area contributed by atoms with Crippen molar-refractivity contribution in [2.45, 2.75) is 33.4 Å². The Morgan fingerprint density at radius 1 is 1.55 bits per heavy atom. The molecule has 1 fully saturated rings. The van der Waals surface area contributed by atoms with Crippen LogP contribution in [0, 0.1) is 0 Å². The van der Waals surface area contributed by atoms with Gasteiger partial charge < -0.3 is 10.1 Å². The Bertz CT molecular complexity index is 474. The lowest BCUT2D eigenvalue weighted by Crippen LogP contribution is -2.44. The number of aromatic nitrogens is 1. The highest BCUT2D eigenvalue weighted by Gasteiger charge is 2.15. The molecule has 0 radical (unpaired) electrons. The second-order valence-corrected chi connectivity index (χ2v) is 6.42. The third-order valence-electron chi connectivity index (χ3n) is 3.73. The Balaban J connectivity index is 1.78. The third-order valence-corrected chi connectivity index (χ3v) is 4.65. The van der Waals surface area contributed by atoms with Gasteiger partial charge >= 0.3 is 0 Å². The van der Waals surface area contributed by atoms with E-state index in [0.717, 1.165) is 50.2 Å². The average Bonchev–Trinajstić information content (AvgIpc) is 2.95. The number of amides is 1. The fourth-order valence-corrected chi connectivity index (χ4v) is 3.44. The first-order valence-electron chi connectivity index (χ1n) is 7.86. The Morgan fingerprint density at radius 2 is 2.27 bits per heavy atom. The van der Waals surface area contributed by atoms with Gasteiger partial charge in [0.15, 0.2) is 5.13 Å². The lowest BCUT2D eigenvalue weighted by Gasteiger charge is -2.29. The quantitative estimate of drug-likeness (QED) is 0.819. The minimum absolute atomic E-state index is 0.0389. The maximum absolute atomic E-state index is 11.5. The molecular weight excluding hydrogens is 300 g/mol. The molecular formula is C15H26N4O2S. The molecule has 1 aromatic heterocycles. The number of morpholine rings is 1. The summed E-state index contributed by atoms with van der Waals surface area (Å²) in [5.74, 6) is 0.0389. The minimum Gasteiger partial charge on any atom is -0.379 e. The van der Waals surface area contributed by atoms with Crippen molar-refractivity contribution in [3.05, 3.63) is 11.1 Å². The first-order valence-corrected chi connectivity index (χ1v) is 8.74. The smallest absolute Gasteiger partial charge is 0.225 e. The van der Waals surface area contributed by atoms with Crippen LogP contribution in [0.3, 0.4) is 0 Å². The topological polar surface area (TPSA) is 57.7 Å². The molecule has 0 spiro atoms. The summed E-state index contributed by atoms with van der Waals surface area (Å²) in [6.45, 7) is 11.8. The molecule has 1 amide bonds. The van der Waals surface area contributed by atoms with Gasteiger partial charge in [-0.2, -0.15) is 0 Å². The zero-order chi connectivity index (χ0) is 15.9. The Kier molecular flexibility index (Phi) is 6.75. The van der Waals surface area contributed by atoms with Crippen LogP contribution in [-0.4, -0.2) is 61.2 Å². The van der Waals surface area contributed by atoms with Gasteiger partial charge in [-0.25, -0.2) is 4.98 Å². The maximum Gasteiger partial charge on any atom is 0.225 e. The number of carbonyl (C=O) groups is 1. The molecule has 22 heavy (non-hydrogen) atoms. The summed E-state index contributed by atoms with van der Waals surface area (Å²) in [5, 5.41) is 6.31. The van der Waals surface area contributed by atoms with Gasteiger partial charge in [-0.3, -0.25) is 14.6 Å². The molecule has 2 heterocycles. The van der Waals surface area contributed by atoms with Crippen molar-refractivity contribution in [1.29, 1.82) is 0 Å². The normalized spacial score (nSPS) is 17.4. The molecule has 124 valence electrons. The van der Waals surface area contributed by atoms with Crippen LogP contribution in [0.15, 0.2) is 5.38 Å². The van der Waals surface area contributed by atoms with Crippen LogP contribution in [0.1, 0.15) is 26.5 Å². The number of carbonyl (C=O) groups excluding carboxylic acids is 1. The molecule has 0 saturated carbocycles. The third kappa shape index (κ3) is 5.01. The van der Waals surface area contributed by atoms with Crippen molar-refractivity contribution in [2.75, 3.05) is 44.3 Å². The highest BCUT2D eigenvalue weighted by atomic mass is 32.1. The van der Waals surface area contributed by atoms with E-state index in [4.69, 9.17) is 4.74 Å². The number of ether oxygens (including phenoxy) is 1. The van der Waals surface area contributed by atoms with E-state index in [1.54, 1.807) is 11.8 Å².